The number of piperidine rings is 1. The van der Waals surface area contributed by atoms with Gasteiger partial charge in [-0.1, -0.05) is 6.92 Å². The van der Waals surface area contributed by atoms with E-state index in [4.69, 9.17) is 4.74 Å². The zero-order valence-electron chi connectivity index (χ0n) is 12.5. The van der Waals surface area contributed by atoms with Crippen LogP contribution in [-0.2, 0) is 4.74 Å². The van der Waals surface area contributed by atoms with Gasteiger partial charge in [-0.2, -0.15) is 0 Å². The molecule has 0 saturated carbocycles. The number of aliphatic hydroxyl groups is 1. The van der Waals surface area contributed by atoms with Crippen molar-refractivity contribution in [1.82, 2.24) is 4.90 Å². The molecule has 1 saturated heterocycles. The largest absolute Gasteiger partial charge is 0.444 e. The zero-order chi connectivity index (χ0) is 14.1. The Kier molecular flexibility index (Phi) is 4.31. The molecule has 1 aliphatic heterocycles. The van der Waals surface area contributed by atoms with Gasteiger partial charge in [0.15, 0.2) is 0 Å². The molecule has 0 spiro atoms. The summed E-state index contributed by atoms with van der Waals surface area (Å²) in [5.41, 5.74) is -1.13. The van der Waals surface area contributed by atoms with Crippen LogP contribution in [-0.4, -0.2) is 40.4 Å². The molecule has 0 aromatic rings. The fraction of sp³-hybridized carbons (Fsp3) is 0.929. The van der Waals surface area contributed by atoms with Gasteiger partial charge < -0.3 is 14.7 Å². The molecule has 4 nitrogen and oxygen atoms in total. The van der Waals surface area contributed by atoms with Crippen molar-refractivity contribution < 1.29 is 14.6 Å². The molecule has 4 heteroatoms. The molecule has 0 aromatic carbocycles. The SMILES string of the molecule is CC1CN(C(=O)OC(C)(C)C)CCC1C(C)(C)O. The van der Waals surface area contributed by atoms with Crippen molar-refractivity contribution in [1.29, 1.82) is 0 Å². The molecule has 1 aliphatic rings. The van der Waals surface area contributed by atoms with E-state index < -0.39 is 11.2 Å². The van der Waals surface area contributed by atoms with Gasteiger partial charge >= 0.3 is 6.09 Å². The second kappa shape index (κ2) is 5.08. The van der Waals surface area contributed by atoms with Crippen molar-refractivity contribution in [3.8, 4) is 0 Å². The van der Waals surface area contributed by atoms with E-state index in [0.29, 0.717) is 13.1 Å². The number of hydrogen-bond acceptors (Lipinski definition) is 3. The maximum Gasteiger partial charge on any atom is 0.410 e. The van der Waals surface area contributed by atoms with Crippen LogP contribution in [0.5, 0.6) is 0 Å². The van der Waals surface area contributed by atoms with Crippen LogP contribution in [0, 0.1) is 11.8 Å². The van der Waals surface area contributed by atoms with Gasteiger partial charge in [0, 0.05) is 13.1 Å². The minimum absolute atomic E-state index is 0.233. The average Bonchev–Trinajstić information content (AvgIpc) is 2.12. The molecule has 1 rings (SSSR count). The summed E-state index contributed by atoms with van der Waals surface area (Å²) in [6.07, 6.45) is 0.577. The third-order valence-electron chi connectivity index (χ3n) is 3.46. The highest BCUT2D eigenvalue weighted by Gasteiger charge is 2.37. The lowest BCUT2D eigenvalue weighted by molar-refractivity contribution is -0.0456. The molecule has 0 aliphatic carbocycles. The molecule has 0 radical (unpaired) electrons. The molecule has 1 N–H and O–H groups in total. The van der Waals surface area contributed by atoms with E-state index >= 15 is 0 Å². The van der Waals surface area contributed by atoms with Crippen LogP contribution in [0.1, 0.15) is 48.0 Å². The first kappa shape index (κ1) is 15.3. The topological polar surface area (TPSA) is 49.8 Å². The van der Waals surface area contributed by atoms with Crippen LogP contribution in [0.3, 0.4) is 0 Å². The maximum absolute atomic E-state index is 12.0. The van der Waals surface area contributed by atoms with Gasteiger partial charge in [0.1, 0.15) is 5.60 Å². The summed E-state index contributed by atoms with van der Waals surface area (Å²) in [4.78, 5) is 13.7. The lowest BCUT2D eigenvalue weighted by Crippen LogP contribution is -2.50. The number of ether oxygens (including phenoxy) is 1. The molecule has 2 atom stereocenters. The molecular formula is C14H27NO3. The Labute approximate surface area is 110 Å². The second-order valence-corrected chi connectivity index (χ2v) is 6.95. The lowest BCUT2D eigenvalue weighted by atomic mass is 9.76. The minimum Gasteiger partial charge on any atom is -0.444 e. The number of carbonyl (C=O) groups is 1. The predicted molar refractivity (Wildman–Crippen MR) is 71.4 cm³/mol. The Bertz CT molecular complexity index is 301. The Morgan fingerprint density at radius 2 is 1.83 bits per heavy atom. The summed E-state index contributed by atoms with van der Waals surface area (Å²) in [7, 11) is 0. The number of nitrogens with zero attached hydrogens (tertiary/aromatic N) is 1. The van der Waals surface area contributed by atoms with E-state index in [1.807, 2.05) is 34.6 Å². The van der Waals surface area contributed by atoms with Crippen molar-refractivity contribution in [3.05, 3.63) is 0 Å². The summed E-state index contributed by atoms with van der Waals surface area (Å²) in [5, 5.41) is 10.1. The average molecular weight is 257 g/mol. The highest BCUT2D eigenvalue weighted by molar-refractivity contribution is 5.68. The van der Waals surface area contributed by atoms with Gasteiger partial charge in [-0.3, -0.25) is 0 Å². The van der Waals surface area contributed by atoms with E-state index in [-0.39, 0.29) is 17.9 Å². The summed E-state index contributed by atoms with van der Waals surface area (Å²) in [5.74, 6) is 0.516. The monoisotopic (exact) mass is 257 g/mol. The van der Waals surface area contributed by atoms with E-state index in [2.05, 4.69) is 6.92 Å². The number of amides is 1. The molecule has 0 bridgehead atoms. The van der Waals surface area contributed by atoms with Crippen LogP contribution in [0.2, 0.25) is 0 Å². The van der Waals surface area contributed by atoms with E-state index in [1.54, 1.807) is 4.90 Å². The van der Waals surface area contributed by atoms with E-state index in [9.17, 15) is 9.90 Å². The van der Waals surface area contributed by atoms with Gasteiger partial charge in [-0.25, -0.2) is 4.79 Å². The summed E-state index contributed by atoms with van der Waals surface area (Å²) in [6.45, 7) is 12.7. The van der Waals surface area contributed by atoms with Gasteiger partial charge in [0.2, 0.25) is 0 Å². The lowest BCUT2D eigenvalue weighted by Gasteiger charge is -2.42. The third-order valence-corrected chi connectivity index (χ3v) is 3.46. The number of likely N-dealkylation sites (tertiary alicyclic amines) is 1. The summed E-state index contributed by atoms with van der Waals surface area (Å²) >= 11 is 0. The minimum atomic E-state index is -0.681. The standard InChI is InChI=1S/C14H27NO3/c1-10-9-15(12(16)18-13(2,3)4)8-7-11(10)14(5,6)17/h10-11,17H,7-9H2,1-6H3. The van der Waals surface area contributed by atoms with Crippen molar-refractivity contribution >= 4 is 6.09 Å². The van der Waals surface area contributed by atoms with Crippen molar-refractivity contribution in [2.24, 2.45) is 11.8 Å². The molecule has 0 aromatic heterocycles. The van der Waals surface area contributed by atoms with Crippen LogP contribution in [0.15, 0.2) is 0 Å². The van der Waals surface area contributed by atoms with Crippen molar-refractivity contribution in [3.63, 3.8) is 0 Å². The summed E-state index contributed by atoms with van der Waals surface area (Å²) < 4.78 is 5.37. The second-order valence-electron chi connectivity index (χ2n) is 6.95. The highest BCUT2D eigenvalue weighted by atomic mass is 16.6. The normalized spacial score (nSPS) is 26.1. The van der Waals surface area contributed by atoms with Crippen LogP contribution >= 0.6 is 0 Å². The van der Waals surface area contributed by atoms with E-state index in [1.165, 1.54) is 0 Å². The highest BCUT2D eigenvalue weighted by Crippen LogP contribution is 2.32. The van der Waals surface area contributed by atoms with E-state index in [0.717, 1.165) is 6.42 Å². The Morgan fingerprint density at radius 3 is 2.22 bits per heavy atom. The van der Waals surface area contributed by atoms with Crippen LogP contribution in [0.4, 0.5) is 4.79 Å². The molecule has 106 valence electrons. The smallest absolute Gasteiger partial charge is 0.410 e. The van der Waals surface area contributed by atoms with Crippen LogP contribution < -0.4 is 0 Å². The Morgan fingerprint density at radius 1 is 1.28 bits per heavy atom. The number of carbonyl (C=O) groups excluding carboxylic acids is 1. The quantitative estimate of drug-likeness (QED) is 0.785. The molecular weight excluding hydrogens is 230 g/mol. The fourth-order valence-corrected chi connectivity index (χ4v) is 2.69. The number of hydrogen-bond donors (Lipinski definition) is 1. The predicted octanol–water partition coefficient (Wildman–Crippen LogP) is 2.65. The van der Waals surface area contributed by atoms with Crippen LogP contribution in [0.25, 0.3) is 0 Å². The number of rotatable bonds is 1. The molecule has 1 fully saturated rings. The Hall–Kier alpha value is -0.770. The molecule has 1 heterocycles. The molecule has 18 heavy (non-hydrogen) atoms. The third kappa shape index (κ3) is 4.16. The Balaban J connectivity index is 2.59. The first-order valence-electron chi connectivity index (χ1n) is 6.71. The fourth-order valence-electron chi connectivity index (χ4n) is 2.69. The molecule has 1 amide bonds. The summed E-state index contributed by atoms with van der Waals surface area (Å²) in [6, 6.07) is 0. The zero-order valence-corrected chi connectivity index (χ0v) is 12.5. The van der Waals surface area contributed by atoms with Gasteiger partial charge in [-0.15, -0.1) is 0 Å². The van der Waals surface area contributed by atoms with Gasteiger partial charge in [-0.05, 0) is 52.9 Å². The molecule has 2 unspecified atom stereocenters. The first-order chi connectivity index (χ1) is 8.00. The van der Waals surface area contributed by atoms with Gasteiger partial charge in [0.05, 0.1) is 5.60 Å². The van der Waals surface area contributed by atoms with Crippen molar-refractivity contribution in [2.75, 3.05) is 13.1 Å². The van der Waals surface area contributed by atoms with Crippen molar-refractivity contribution in [2.45, 2.75) is 59.2 Å². The first-order valence-corrected chi connectivity index (χ1v) is 6.71. The maximum atomic E-state index is 12.0. The van der Waals surface area contributed by atoms with Gasteiger partial charge in [0.25, 0.3) is 0 Å².